The molecular weight excluding hydrogens is 264 g/mol. The summed E-state index contributed by atoms with van der Waals surface area (Å²) >= 11 is 0. The maximum atomic E-state index is 12.7. The second kappa shape index (κ2) is 5.13. The van der Waals surface area contributed by atoms with Crippen LogP contribution in [0.15, 0.2) is 11.1 Å². The van der Waals surface area contributed by atoms with Gasteiger partial charge >= 0.3 is 0 Å². The molecule has 19 heavy (non-hydrogen) atoms. The predicted molar refractivity (Wildman–Crippen MR) is 74.0 cm³/mol. The number of rotatable bonds is 6. The molecule has 1 aromatic rings. The van der Waals surface area contributed by atoms with Gasteiger partial charge in [-0.3, -0.25) is 4.68 Å². The van der Waals surface area contributed by atoms with Gasteiger partial charge in [0.2, 0.25) is 10.0 Å². The van der Waals surface area contributed by atoms with E-state index < -0.39 is 10.0 Å². The minimum absolute atomic E-state index is 0.0812. The minimum atomic E-state index is -3.52. The van der Waals surface area contributed by atoms with Gasteiger partial charge in [-0.2, -0.15) is 9.40 Å². The molecule has 1 saturated carbocycles. The van der Waals surface area contributed by atoms with Crippen molar-refractivity contribution < 1.29 is 8.42 Å². The van der Waals surface area contributed by atoms with Crippen LogP contribution < -0.4 is 5.73 Å². The molecule has 2 rings (SSSR count). The molecule has 0 saturated heterocycles. The lowest BCUT2D eigenvalue weighted by atomic mass is 10.1. The molecule has 0 spiro atoms. The molecule has 108 valence electrons. The number of nitrogens with zero attached hydrogens (tertiary/aromatic N) is 3. The van der Waals surface area contributed by atoms with Gasteiger partial charge in [0.15, 0.2) is 5.82 Å². The lowest BCUT2D eigenvalue weighted by Crippen LogP contribution is -2.34. The molecule has 0 bridgehead atoms. The van der Waals surface area contributed by atoms with Gasteiger partial charge in [0, 0.05) is 25.8 Å². The van der Waals surface area contributed by atoms with Crippen molar-refractivity contribution in [2.24, 2.45) is 13.0 Å². The Morgan fingerprint density at radius 2 is 2.16 bits per heavy atom. The first-order chi connectivity index (χ1) is 8.82. The molecule has 1 aliphatic rings. The zero-order valence-corrected chi connectivity index (χ0v) is 12.5. The molecule has 7 heteroatoms. The first-order valence-electron chi connectivity index (χ1n) is 6.63. The summed E-state index contributed by atoms with van der Waals surface area (Å²) in [5.41, 5.74) is 5.70. The van der Waals surface area contributed by atoms with E-state index in [0.29, 0.717) is 12.5 Å². The zero-order chi connectivity index (χ0) is 14.2. The molecule has 0 radical (unpaired) electrons. The van der Waals surface area contributed by atoms with Crippen LogP contribution in [0, 0.1) is 5.92 Å². The Morgan fingerprint density at radius 3 is 2.58 bits per heavy atom. The van der Waals surface area contributed by atoms with Crippen LogP contribution in [0.1, 0.15) is 33.1 Å². The van der Waals surface area contributed by atoms with E-state index >= 15 is 0 Å². The molecule has 0 atom stereocenters. The van der Waals surface area contributed by atoms with Crippen molar-refractivity contribution in [3.05, 3.63) is 6.20 Å². The number of hydrogen-bond donors (Lipinski definition) is 1. The van der Waals surface area contributed by atoms with Crippen LogP contribution in [0.4, 0.5) is 5.82 Å². The van der Waals surface area contributed by atoms with Gasteiger partial charge in [0.1, 0.15) is 4.90 Å². The Labute approximate surface area is 114 Å². The van der Waals surface area contributed by atoms with Crippen molar-refractivity contribution in [1.82, 2.24) is 14.1 Å². The van der Waals surface area contributed by atoms with Crippen LogP contribution in [0.3, 0.4) is 0 Å². The first-order valence-corrected chi connectivity index (χ1v) is 8.07. The first kappa shape index (κ1) is 14.3. The zero-order valence-electron chi connectivity index (χ0n) is 11.7. The topological polar surface area (TPSA) is 81.2 Å². The van der Waals surface area contributed by atoms with E-state index in [1.54, 1.807) is 11.4 Å². The number of hydrogen-bond acceptors (Lipinski definition) is 4. The lowest BCUT2D eigenvalue weighted by Gasteiger charge is -2.22. The van der Waals surface area contributed by atoms with Crippen molar-refractivity contribution in [2.45, 2.75) is 44.0 Å². The molecule has 0 aliphatic heterocycles. The van der Waals surface area contributed by atoms with Crippen molar-refractivity contribution in [3.63, 3.8) is 0 Å². The quantitative estimate of drug-likeness (QED) is 0.852. The Kier molecular flexibility index (Phi) is 3.87. The van der Waals surface area contributed by atoms with Crippen molar-refractivity contribution in [2.75, 3.05) is 12.3 Å². The average molecular weight is 286 g/mol. The van der Waals surface area contributed by atoms with Crippen molar-refractivity contribution in [3.8, 4) is 0 Å². The van der Waals surface area contributed by atoms with Gasteiger partial charge in [0.05, 0.1) is 0 Å². The third-order valence-corrected chi connectivity index (χ3v) is 5.26. The molecule has 0 unspecified atom stereocenters. The summed E-state index contributed by atoms with van der Waals surface area (Å²) in [5.74, 6) is 0.556. The Morgan fingerprint density at radius 1 is 1.53 bits per heavy atom. The summed E-state index contributed by atoms with van der Waals surface area (Å²) in [6.45, 7) is 4.74. The number of sulfonamides is 1. The van der Waals surface area contributed by atoms with Crippen LogP contribution in [-0.4, -0.2) is 35.1 Å². The number of nitrogen functional groups attached to an aromatic ring is 1. The van der Waals surface area contributed by atoms with E-state index in [0.717, 1.165) is 19.3 Å². The molecule has 6 nitrogen and oxygen atoms in total. The van der Waals surface area contributed by atoms with E-state index in [2.05, 4.69) is 18.9 Å². The number of anilines is 1. The van der Waals surface area contributed by atoms with Crippen LogP contribution >= 0.6 is 0 Å². The predicted octanol–water partition coefficient (Wildman–Crippen LogP) is 1.20. The van der Waals surface area contributed by atoms with Gasteiger partial charge in [-0.1, -0.05) is 13.8 Å². The standard InChI is InChI=1S/C12H22N4O2S/c1-9(2)6-7-16(10-4-5-10)19(17,18)11-8-15(3)14-12(11)13/h8-10H,4-7H2,1-3H3,(H2,13,14). The normalized spacial score (nSPS) is 16.5. The third kappa shape index (κ3) is 3.09. The highest BCUT2D eigenvalue weighted by molar-refractivity contribution is 7.89. The van der Waals surface area contributed by atoms with Gasteiger partial charge in [-0.15, -0.1) is 0 Å². The Balaban J connectivity index is 2.26. The fourth-order valence-electron chi connectivity index (χ4n) is 2.06. The molecule has 1 heterocycles. The second-order valence-electron chi connectivity index (χ2n) is 5.58. The summed E-state index contributed by atoms with van der Waals surface area (Å²) in [4.78, 5) is 0.130. The number of aryl methyl sites for hydroxylation is 1. The van der Waals surface area contributed by atoms with E-state index in [9.17, 15) is 8.42 Å². The smallest absolute Gasteiger partial charge is 0.248 e. The summed E-state index contributed by atoms with van der Waals surface area (Å²) in [5, 5.41) is 3.92. The minimum Gasteiger partial charge on any atom is -0.381 e. The number of nitrogens with two attached hydrogens (primary N) is 1. The van der Waals surface area contributed by atoms with Crippen LogP contribution in [0.5, 0.6) is 0 Å². The molecule has 0 aromatic carbocycles. The summed E-state index contributed by atoms with van der Waals surface area (Å²) in [6, 6.07) is 0.142. The van der Waals surface area contributed by atoms with E-state index in [4.69, 9.17) is 5.73 Å². The SMILES string of the molecule is CC(C)CCN(C1CC1)S(=O)(=O)c1cn(C)nc1N. The highest BCUT2D eigenvalue weighted by Crippen LogP contribution is 2.33. The Bertz CT molecular complexity index is 546. The second-order valence-corrected chi connectivity index (χ2v) is 7.44. The van der Waals surface area contributed by atoms with Gasteiger partial charge in [-0.25, -0.2) is 8.42 Å². The van der Waals surface area contributed by atoms with E-state index in [1.807, 2.05) is 0 Å². The molecular formula is C12H22N4O2S. The average Bonchev–Trinajstić information content (AvgIpc) is 3.03. The van der Waals surface area contributed by atoms with Gasteiger partial charge in [0.25, 0.3) is 0 Å². The maximum absolute atomic E-state index is 12.7. The third-order valence-electron chi connectivity index (χ3n) is 3.29. The fraction of sp³-hybridized carbons (Fsp3) is 0.750. The van der Waals surface area contributed by atoms with Crippen LogP contribution in [-0.2, 0) is 17.1 Å². The summed E-state index contributed by atoms with van der Waals surface area (Å²) in [6.07, 6.45) is 4.22. The molecule has 1 aliphatic carbocycles. The molecule has 2 N–H and O–H groups in total. The molecule has 0 amide bonds. The molecule has 1 fully saturated rings. The Hall–Kier alpha value is -1.08. The highest BCUT2D eigenvalue weighted by Gasteiger charge is 2.39. The highest BCUT2D eigenvalue weighted by atomic mass is 32.2. The van der Waals surface area contributed by atoms with E-state index in [1.165, 1.54) is 10.9 Å². The monoisotopic (exact) mass is 286 g/mol. The summed E-state index contributed by atoms with van der Waals surface area (Å²) < 4.78 is 28.3. The van der Waals surface area contributed by atoms with Crippen LogP contribution in [0.25, 0.3) is 0 Å². The fourth-order valence-corrected chi connectivity index (χ4v) is 3.85. The number of aromatic nitrogens is 2. The van der Waals surface area contributed by atoms with Gasteiger partial charge < -0.3 is 5.73 Å². The summed E-state index contributed by atoms with van der Waals surface area (Å²) in [7, 11) is -1.85. The van der Waals surface area contributed by atoms with Crippen molar-refractivity contribution in [1.29, 1.82) is 0 Å². The van der Waals surface area contributed by atoms with E-state index in [-0.39, 0.29) is 16.8 Å². The van der Waals surface area contributed by atoms with Crippen LogP contribution in [0.2, 0.25) is 0 Å². The lowest BCUT2D eigenvalue weighted by molar-refractivity contribution is 0.373. The maximum Gasteiger partial charge on any atom is 0.248 e. The largest absolute Gasteiger partial charge is 0.381 e. The van der Waals surface area contributed by atoms with Gasteiger partial charge in [-0.05, 0) is 25.2 Å². The van der Waals surface area contributed by atoms with Crippen molar-refractivity contribution >= 4 is 15.8 Å². The molecule has 1 aromatic heterocycles.